The number of carbonyl (C=O) groups is 1. The third-order valence-electron chi connectivity index (χ3n) is 6.75. The first-order valence-electron chi connectivity index (χ1n) is 12.0. The molecule has 7 nitrogen and oxygen atoms in total. The molecule has 1 saturated carbocycles. The fraction of sp³-hybridized carbons (Fsp3) is 0.400. The number of imidazole rings is 1. The van der Waals surface area contributed by atoms with Gasteiger partial charge < -0.3 is 15.1 Å². The van der Waals surface area contributed by atoms with E-state index in [1.54, 1.807) is 11.3 Å². The largest absolute Gasteiger partial charge is 0.365 e. The number of fused-ring (bicyclic) bond motifs is 1. The molecule has 0 atom stereocenters. The number of nitrogens with one attached hydrogen (secondary N) is 1. The maximum absolute atomic E-state index is 12.7. The van der Waals surface area contributed by atoms with Crippen molar-refractivity contribution in [3.05, 3.63) is 52.2 Å². The van der Waals surface area contributed by atoms with E-state index in [2.05, 4.69) is 41.4 Å². The Balaban J connectivity index is 1.26. The zero-order valence-electron chi connectivity index (χ0n) is 19.2. The number of hydrogen-bond donors (Lipinski definition) is 1. The number of rotatable bonds is 5. The molecular formula is C25H28N6OS2. The molecule has 0 radical (unpaired) electrons. The van der Waals surface area contributed by atoms with Gasteiger partial charge in [0.2, 0.25) is 10.1 Å². The van der Waals surface area contributed by atoms with Crippen LogP contribution in [0.2, 0.25) is 0 Å². The van der Waals surface area contributed by atoms with Crippen molar-refractivity contribution in [3.8, 4) is 11.3 Å². The number of thiophene rings is 1. The van der Waals surface area contributed by atoms with Crippen molar-refractivity contribution in [1.29, 1.82) is 0 Å². The van der Waals surface area contributed by atoms with Crippen molar-refractivity contribution in [2.75, 3.05) is 36.4 Å². The second-order valence-electron chi connectivity index (χ2n) is 9.14. The van der Waals surface area contributed by atoms with Crippen LogP contribution in [-0.4, -0.2) is 57.6 Å². The minimum atomic E-state index is 0.134. The Labute approximate surface area is 207 Å². The normalized spacial score (nSPS) is 17.1. The van der Waals surface area contributed by atoms with E-state index < -0.39 is 0 Å². The highest BCUT2D eigenvalue weighted by Gasteiger charge is 2.27. The minimum Gasteiger partial charge on any atom is -0.365 e. The molecule has 6 rings (SSSR count). The van der Waals surface area contributed by atoms with Gasteiger partial charge in [-0.2, -0.15) is 4.52 Å². The Morgan fingerprint density at radius 1 is 1.09 bits per heavy atom. The highest BCUT2D eigenvalue weighted by Crippen LogP contribution is 2.35. The Kier molecular flexibility index (Phi) is 5.74. The number of anilines is 2. The number of aryl methyl sites for hydroxylation is 1. The summed E-state index contributed by atoms with van der Waals surface area (Å²) in [7, 11) is 0. The van der Waals surface area contributed by atoms with Crippen molar-refractivity contribution < 1.29 is 4.79 Å². The van der Waals surface area contributed by atoms with Gasteiger partial charge in [-0.1, -0.05) is 54.0 Å². The van der Waals surface area contributed by atoms with E-state index in [1.165, 1.54) is 42.6 Å². The molecule has 1 saturated heterocycles. The van der Waals surface area contributed by atoms with E-state index in [0.29, 0.717) is 19.1 Å². The van der Waals surface area contributed by atoms with Crippen molar-refractivity contribution in [2.45, 2.75) is 38.6 Å². The van der Waals surface area contributed by atoms with E-state index in [4.69, 9.17) is 10.1 Å². The number of nitrogens with zero attached hydrogens (tertiary/aromatic N) is 5. The number of hydrogen-bond acceptors (Lipinski definition) is 7. The second-order valence-corrected chi connectivity index (χ2v) is 11.0. The Morgan fingerprint density at radius 2 is 1.91 bits per heavy atom. The first-order valence-corrected chi connectivity index (χ1v) is 13.7. The van der Waals surface area contributed by atoms with Crippen LogP contribution in [0.3, 0.4) is 0 Å². The number of aromatic nitrogens is 3. The van der Waals surface area contributed by atoms with Crippen LogP contribution >= 0.6 is 22.7 Å². The van der Waals surface area contributed by atoms with Crippen molar-refractivity contribution >= 4 is 44.5 Å². The molecule has 0 bridgehead atoms. The van der Waals surface area contributed by atoms with Gasteiger partial charge in [-0.3, -0.25) is 4.79 Å². The lowest BCUT2D eigenvalue weighted by atomic mass is 10.1. The molecule has 2 fully saturated rings. The van der Waals surface area contributed by atoms with Gasteiger partial charge in [0.25, 0.3) is 5.91 Å². The third-order valence-corrected chi connectivity index (χ3v) is 8.58. The van der Waals surface area contributed by atoms with E-state index in [1.807, 2.05) is 26.9 Å². The smallest absolute Gasteiger partial charge is 0.264 e. The van der Waals surface area contributed by atoms with Crippen molar-refractivity contribution in [3.63, 3.8) is 0 Å². The van der Waals surface area contributed by atoms with Gasteiger partial charge in [-0.05, 0) is 37.3 Å². The SMILES string of the molecule is Cc1cccc(-c2nc3sc(N4CCN(C(=O)c5cccs5)CC4)nn3c2NC2CCCC2)c1. The summed E-state index contributed by atoms with van der Waals surface area (Å²) < 4.78 is 2.00. The molecule has 4 heterocycles. The molecule has 1 aliphatic heterocycles. The average Bonchev–Trinajstić information content (AvgIpc) is 3.65. The molecule has 1 aromatic carbocycles. The van der Waals surface area contributed by atoms with Gasteiger partial charge in [0.1, 0.15) is 5.69 Å². The molecule has 9 heteroatoms. The van der Waals surface area contributed by atoms with Crippen LogP contribution in [0.1, 0.15) is 40.9 Å². The molecule has 3 aromatic heterocycles. The molecule has 0 unspecified atom stereocenters. The number of piperazine rings is 1. The molecule has 176 valence electrons. The number of amides is 1. The molecule has 1 N–H and O–H groups in total. The second kappa shape index (κ2) is 9.03. The van der Waals surface area contributed by atoms with Crippen LogP contribution < -0.4 is 10.2 Å². The Morgan fingerprint density at radius 3 is 2.65 bits per heavy atom. The van der Waals surface area contributed by atoms with Crippen LogP contribution in [-0.2, 0) is 0 Å². The predicted molar refractivity (Wildman–Crippen MR) is 139 cm³/mol. The number of benzene rings is 1. The molecule has 34 heavy (non-hydrogen) atoms. The summed E-state index contributed by atoms with van der Waals surface area (Å²) in [6.45, 7) is 5.10. The first kappa shape index (κ1) is 21.6. The predicted octanol–water partition coefficient (Wildman–Crippen LogP) is 5.14. The van der Waals surface area contributed by atoms with E-state index in [9.17, 15) is 4.79 Å². The summed E-state index contributed by atoms with van der Waals surface area (Å²) in [5, 5.41) is 11.7. The fourth-order valence-electron chi connectivity index (χ4n) is 4.91. The van der Waals surface area contributed by atoms with Gasteiger partial charge in [0.05, 0.1) is 4.88 Å². The lowest BCUT2D eigenvalue weighted by Crippen LogP contribution is -2.48. The van der Waals surface area contributed by atoms with Crippen LogP contribution in [0.25, 0.3) is 16.2 Å². The quantitative estimate of drug-likeness (QED) is 0.418. The Bertz CT molecular complexity index is 1300. The van der Waals surface area contributed by atoms with E-state index in [-0.39, 0.29) is 5.91 Å². The molecule has 2 aliphatic rings. The topological polar surface area (TPSA) is 65.8 Å². The van der Waals surface area contributed by atoms with Gasteiger partial charge in [-0.15, -0.1) is 16.4 Å². The lowest BCUT2D eigenvalue weighted by molar-refractivity contribution is 0.0751. The summed E-state index contributed by atoms with van der Waals surface area (Å²) in [6, 6.07) is 12.8. The maximum Gasteiger partial charge on any atom is 0.264 e. The Hall–Kier alpha value is -2.91. The highest BCUT2D eigenvalue weighted by molar-refractivity contribution is 7.20. The number of carbonyl (C=O) groups excluding carboxylic acids is 1. The van der Waals surface area contributed by atoms with Crippen LogP contribution in [0.4, 0.5) is 10.9 Å². The van der Waals surface area contributed by atoms with Gasteiger partial charge in [0, 0.05) is 37.8 Å². The lowest BCUT2D eigenvalue weighted by Gasteiger charge is -2.34. The molecule has 1 amide bonds. The molecule has 4 aromatic rings. The summed E-state index contributed by atoms with van der Waals surface area (Å²) in [6.07, 6.45) is 4.93. The molecular weight excluding hydrogens is 464 g/mol. The van der Waals surface area contributed by atoms with Crippen molar-refractivity contribution in [1.82, 2.24) is 19.5 Å². The average molecular weight is 493 g/mol. The summed E-state index contributed by atoms with van der Waals surface area (Å²) >= 11 is 3.14. The van der Waals surface area contributed by atoms with Gasteiger partial charge in [-0.25, -0.2) is 4.98 Å². The zero-order chi connectivity index (χ0) is 23.1. The maximum atomic E-state index is 12.7. The van der Waals surface area contributed by atoms with Gasteiger partial charge >= 0.3 is 0 Å². The van der Waals surface area contributed by atoms with Crippen LogP contribution in [0, 0.1) is 6.92 Å². The van der Waals surface area contributed by atoms with Crippen LogP contribution in [0.5, 0.6) is 0 Å². The molecule has 1 aliphatic carbocycles. The monoisotopic (exact) mass is 492 g/mol. The van der Waals surface area contributed by atoms with Crippen molar-refractivity contribution in [2.24, 2.45) is 0 Å². The van der Waals surface area contributed by atoms with E-state index >= 15 is 0 Å². The summed E-state index contributed by atoms with van der Waals surface area (Å²) in [5.41, 5.74) is 3.33. The highest BCUT2D eigenvalue weighted by atomic mass is 32.1. The summed E-state index contributed by atoms with van der Waals surface area (Å²) in [4.78, 5) is 23.7. The third kappa shape index (κ3) is 4.07. The van der Waals surface area contributed by atoms with Gasteiger partial charge in [0.15, 0.2) is 5.82 Å². The van der Waals surface area contributed by atoms with E-state index in [0.717, 1.165) is 45.1 Å². The standard InChI is InChI=1S/C25H28N6OS2/c1-17-6-4-7-18(16-17)21-22(26-19-8-2-3-9-19)31-24(27-21)34-25(28-31)30-13-11-29(12-14-30)23(32)20-10-5-15-33-20/h4-7,10,15-16,19,26H,2-3,8-9,11-14H2,1H3. The minimum absolute atomic E-state index is 0.134. The first-order chi connectivity index (χ1) is 16.7. The summed E-state index contributed by atoms with van der Waals surface area (Å²) in [5.74, 6) is 1.14. The van der Waals surface area contributed by atoms with Crippen LogP contribution in [0.15, 0.2) is 41.8 Å². The molecule has 0 spiro atoms. The fourth-order valence-corrected chi connectivity index (χ4v) is 6.55. The zero-order valence-corrected chi connectivity index (χ0v) is 20.9.